The fourth-order valence-electron chi connectivity index (χ4n) is 4.33. The lowest BCUT2D eigenvalue weighted by Crippen LogP contribution is -2.51. The quantitative estimate of drug-likeness (QED) is 0.351. The zero-order chi connectivity index (χ0) is 28.4. The lowest BCUT2D eigenvalue weighted by atomic mass is 10.0. The van der Waals surface area contributed by atoms with E-state index in [4.69, 9.17) is 4.74 Å². The van der Waals surface area contributed by atoms with Crippen molar-refractivity contribution in [3.05, 3.63) is 53.0 Å². The van der Waals surface area contributed by atoms with Crippen LogP contribution >= 0.6 is 11.3 Å². The van der Waals surface area contributed by atoms with Gasteiger partial charge in [-0.2, -0.15) is 0 Å². The number of hydrogen-bond donors (Lipinski definition) is 2. The summed E-state index contributed by atoms with van der Waals surface area (Å²) in [5, 5.41) is 3.72. The average Bonchev–Trinajstić information content (AvgIpc) is 3.64. The Kier molecular flexibility index (Phi) is 8.15. The van der Waals surface area contributed by atoms with Crippen LogP contribution in [-0.2, 0) is 24.2 Å². The van der Waals surface area contributed by atoms with Gasteiger partial charge < -0.3 is 20.3 Å². The van der Waals surface area contributed by atoms with E-state index in [2.05, 4.69) is 15.6 Å². The van der Waals surface area contributed by atoms with Crippen LogP contribution in [0.25, 0.3) is 21.3 Å². The molecule has 212 valence electrons. The molecule has 1 aliphatic carbocycles. The number of rotatable bonds is 11. The van der Waals surface area contributed by atoms with Crippen LogP contribution in [0.15, 0.2) is 42.5 Å². The molecule has 2 fully saturated rings. The maximum atomic E-state index is 13.2. The Hall–Kier alpha value is -3.42. The summed E-state index contributed by atoms with van der Waals surface area (Å²) in [5.41, 5.74) is 2.64. The number of likely N-dealkylation sites (tertiary alicyclic amines) is 1. The Labute approximate surface area is 234 Å². The third kappa shape index (κ3) is 6.31. The number of halogens is 1. The summed E-state index contributed by atoms with van der Waals surface area (Å²) >= 11 is 1.09. The maximum Gasteiger partial charge on any atom is 0.254 e. The molecule has 5 rings (SSSR count). The van der Waals surface area contributed by atoms with Crippen molar-refractivity contribution in [2.45, 2.75) is 30.3 Å². The number of ether oxygens (including phenoxy) is 1. The molecule has 2 aromatic carbocycles. The Morgan fingerprint density at radius 1 is 1.12 bits per heavy atom. The minimum Gasteiger partial charge on any atom is -0.384 e. The number of carbonyl (C=O) groups excluding carboxylic acids is 3. The highest BCUT2D eigenvalue weighted by Crippen LogP contribution is 2.34. The fourth-order valence-corrected chi connectivity index (χ4v) is 7.30. The molecular weight excluding hydrogens is 559 g/mol. The second-order valence-corrected chi connectivity index (χ2v) is 13.2. The minimum absolute atomic E-state index is 0.0893. The predicted octanol–water partition coefficient (Wildman–Crippen LogP) is 2.25. The Morgan fingerprint density at radius 2 is 1.82 bits per heavy atom. The molecule has 3 amide bonds. The van der Waals surface area contributed by atoms with Gasteiger partial charge in [0, 0.05) is 18.7 Å². The Bertz CT molecular complexity index is 1530. The number of fused-ring (bicyclic) bond motifs is 1. The van der Waals surface area contributed by atoms with E-state index in [1.54, 1.807) is 30.3 Å². The summed E-state index contributed by atoms with van der Waals surface area (Å²) in [7, 11) is -2.63. The summed E-state index contributed by atoms with van der Waals surface area (Å²) in [4.78, 5) is 43.5. The molecule has 10 nitrogen and oxygen atoms in total. The van der Waals surface area contributed by atoms with Gasteiger partial charge in [-0.15, -0.1) is 11.3 Å². The molecule has 1 unspecified atom stereocenters. The summed E-state index contributed by atoms with van der Waals surface area (Å²) in [6, 6.07) is 12.5. The number of hydrogen-bond acceptors (Lipinski definition) is 8. The van der Waals surface area contributed by atoms with Crippen LogP contribution in [0.5, 0.6) is 0 Å². The van der Waals surface area contributed by atoms with Crippen LogP contribution < -0.4 is 10.6 Å². The highest BCUT2D eigenvalue weighted by molar-refractivity contribution is 7.92. The Morgan fingerprint density at radius 3 is 2.48 bits per heavy atom. The van der Waals surface area contributed by atoms with Crippen LogP contribution in [0, 0.1) is 0 Å². The topological polar surface area (TPSA) is 135 Å². The van der Waals surface area contributed by atoms with Gasteiger partial charge in [0.05, 0.1) is 42.2 Å². The smallest absolute Gasteiger partial charge is 0.254 e. The van der Waals surface area contributed by atoms with Crippen molar-refractivity contribution in [2.24, 2.45) is 0 Å². The second-order valence-electron chi connectivity index (χ2n) is 9.92. The first-order chi connectivity index (χ1) is 19.1. The molecule has 3 aromatic rings. The van der Waals surface area contributed by atoms with Gasteiger partial charge >= 0.3 is 0 Å². The molecule has 2 N–H and O–H groups in total. The number of sulfone groups is 1. The van der Waals surface area contributed by atoms with Crippen LogP contribution in [0.3, 0.4) is 0 Å². The molecule has 40 heavy (non-hydrogen) atoms. The number of nitrogens with zero attached hydrogens (tertiary/aromatic N) is 2. The van der Waals surface area contributed by atoms with Gasteiger partial charge in [0.1, 0.15) is 11.2 Å². The largest absolute Gasteiger partial charge is 0.384 e. The summed E-state index contributed by atoms with van der Waals surface area (Å²) in [5.74, 6) is -1.79. The lowest BCUT2D eigenvalue weighted by molar-refractivity contribution is -0.126. The average molecular weight is 589 g/mol. The van der Waals surface area contributed by atoms with Crippen molar-refractivity contribution < 1.29 is 31.9 Å². The van der Waals surface area contributed by atoms with Crippen molar-refractivity contribution in [3.63, 3.8) is 0 Å². The first-order valence-electron chi connectivity index (χ1n) is 12.9. The van der Waals surface area contributed by atoms with E-state index in [1.807, 2.05) is 12.1 Å². The molecule has 1 saturated heterocycles. The minimum atomic E-state index is -4.01. The van der Waals surface area contributed by atoms with E-state index in [-0.39, 0.29) is 54.9 Å². The number of alkyl halides is 1. The number of amides is 3. The molecule has 0 bridgehead atoms. The van der Waals surface area contributed by atoms with Crippen molar-refractivity contribution >= 4 is 49.1 Å². The molecule has 2 aliphatic rings. The van der Waals surface area contributed by atoms with E-state index in [0.717, 1.165) is 35.3 Å². The van der Waals surface area contributed by atoms with Gasteiger partial charge in [-0.3, -0.25) is 14.4 Å². The van der Waals surface area contributed by atoms with Crippen LogP contribution in [0.1, 0.15) is 33.5 Å². The third-order valence-corrected chi connectivity index (χ3v) is 9.88. The number of aromatic nitrogens is 1. The number of thiazole rings is 1. The number of carbonyl (C=O) groups is 3. The number of benzene rings is 2. The van der Waals surface area contributed by atoms with E-state index < -0.39 is 27.2 Å². The third-order valence-electron chi connectivity index (χ3n) is 6.75. The standard InChI is InChI=1S/C27H29FN4O6S2/c1-38-10-11-40(36,37)24(25(34)29-13-23(33)30-20-7-8-20)26-31-21-9-6-18(12-22(21)39-26)16-2-4-17(5-3-16)27(35)32-14-19(28)15-32/h2-6,9,12,19-20,24H,7-8,10-11,13-15H2,1H3,(H,29,34)(H,30,33). The molecule has 0 radical (unpaired) electrons. The van der Waals surface area contributed by atoms with Crippen LogP contribution in [-0.4, -0.2) is 87.3 Å². The zero-order valence-electron chi connectivity index (χ0n) is 21.8. The van der Waals surface area contributed by atoms with Crippen LogP contribution in [0.4, 0.5) is 4.39 Å². The molecule has 1 aromatic heterocycles. The van der Waals surface area contributed by atoms with Crippen molar-refractivity contribution in [2.75, 3.05) is 39.1 Å². The lowest BCUT2D eigenvalue weighted by Gasteiger charge is -2.34. The van der Waals surface area contributed by atoms with E-state index >= 15 is 0 Å². The number of methoxy groups -OCH3 is 1. The SMILES string of the molecule is COCCS(=O)(=O)C(C(=O)NCC(=O)NC1CC1)c1nc2ccc(-c3ccc(C(=O)N4CC(F)C4)cc3)cc2s1. The van der Waals surface area contributed by atoms with Crippen LogP contribution in [0.2, 0.25) is 0 Å². The molecule has 1 aliphatic heterocycles. The molecule has 0 spiro atoms. The van der Waals surface area contributed by atoms with E-state index in [9.17, 15) is 27.2 Å². The van der Waals surface area contributed by atoms with E-state index in [0.29, 0.717) is 15.8 Å². The van der Waals surface area contributed by atoms with Gasteiger partial charge in [-0.05, 0) is 48.2 Å². The summed E-state index contributed by atoms with van der Waals surface area (Å²) < 4.78 is 45.1. The van der Waals surface area contributed by atoms with Crippen molar-refractivity contribution in [1.82, 2.24) is 20.5 Å². The second kappa shape index (κ2) is 11.6. The Balaban J connectivity index is 1.37. The van der Waals surface area contributed by atoms with Gasteiger partial charge in [-0.1, -0.05) is 18.2 Å². The summed E-state index contributed by atoms with van der Waals surface area (Å²) in [6.07, 6.45) is 0.818. The zero-order valence-corrected chi connectivity index (χ0v) is 23.4. The molecule has 2 heterocycles. The fraction of sp³-hybridized carbons (Fsp3) is 0.407. The van der Waals surface area contributed by atoms with Gasteiger partial charge in [0.15, 0.2) is 15.1 Å². The summed E-state index contributed by atoms with van der Waals surface area (Å²) in [6.45, 7) is -0.198. The van der Waals surface area contributed by atoms with E-state index in [1.165, 1.54) is 12.0 Å². The molecular formula is C27H29FN4O6S2. The van der Waals surface area contributed by atoms with Gasteiger partial charge in [0.25, 0.3) is 5.91 Å². The highest BCUT2D eigenvalue weighted by atomic mass is 32.2. The molecule has 1 atom stereocenters. The molecule has 13 heteroatoms. The monoisotopic (exact) mass is 588 g/mol. The van der Waals surface area contributed by atoms with Gasteiger partial charge in [-0.25, -0.2) is 17.8 Å². The predicted molar refractivity (Wildman–Crippen MR) is 148 cm³/mol. The highest BCUT2D eigenvalue weighted by Gasteiger charge is 2.37. The van der Waals surface area contributed by atoms with Gasteiger partial charge in [0.2, 0.25) is 11.8 Å². The molecule has 1 saturated carbocycles. The first-order valence-corrected chi connectivity index (χ1v) is 15.4. The normalized spacial score (nSPS) is 16.4. The maximum absolute atomic E-state index is 13.2. The number of nitrogens with one attached hydrogen (secondary N) is 2. The van der Waals surface area contributed by atoms with Crippen molar-refractivity contribution in [3.8, 4) is 11.1 Å². The van der Waals surface area contributed by atoms with Crippen molar-refractivity contribution in [1.29, 1.82) is 0 Å². The first kappa shape index (κ1) is 28.1.